The smallest absolute Gasteiger partial charge is 0.0626 e. The lowest BCUT2D eigenvalue weighted by atomic mass is 9.91. The summed E-state index contributed by atoms with van der Waals surface area (Å²) in [7, 11) is 0. The predicted octanol–water partition coefficient (Wildman–Crippen LogP) is 19.8. The topological polar surface area (TPSA) is 9.86 Å². The first-order valence-corrected chi connectivity index (χ1v) is 25.7. The number of rotatable bonds is 6. The van der Waals surface area contributed by atoms with Crippen molar-refractivity contribution in [1.82, 2.24) is 9.13 Å². The minimum absolute atomic E-state index is 1.16. The van der Waals surface area contributed by atoms with Gasteiger partial charge in [0.25, 0.3) is 0 Å². The lowest BCUT2D eigenvalue weighted by Crippen LogP contribution is -2.02. The molecule has 0 saturated carbocycles. The van der Waals surface area contributed by atoms with Crippen LogP contribution in [0.15, 0.2) is 267 Å². The van der Waals surface area contributed by atoms with E-state index >= 15 is 0 Å². The zero-order valence-corrected chi connectivity index (χ0v) is 40.3. The Morgan fingerprint density at radius 2 is 0.486 bits per heavy atom. The van der Waals surface area contributed by atoms with E-state index < -0.39 is 0 Å². The van der Waals surface area contributed by atoms with E-state index in [-0.39, 0.29) is 0 Å². The first kappa shape index (κ1) is 40.9. The van der Waals surface area contributed by atoms with Crippen molar-refractivity contribution in [1.29, 1.82) is 0 Å². The van der Waals surface area contributed by atoms with E-state index in [9.17, 15) is 0 Å². The predicted molar refractivity (Wildman–Crippen MR) is 316 cm³/mol. The highest BCUT2D eigenvalue weighted by Crippen LogP contribution is 2.51. The largest absolute Gasteiger partial charge is 0.308 e. The molecule has 16 rings (SSSR count). The second kappa shape index (κ2) is 15.9. The van der Waals surface area contributed by atoms with Crippen molar-refractivity contribution in [2.45, 2.75) is 0 Å². The molecule has 2 heteroatoms. The van der Waals surface area contributed by atoms with Crippen molar-refractivity contribution < 1.29 is 0 Å². The van der Waals surface area contributed by atoms with Crippen LogP contribution in [0.3, 0.4) is 0 Å². The highest BCUT2D eigenvalue weighted by molar-refractivity contribution is 6.27. The van der Waals surface area contributed by atoms with Crippen LogP contribution < -0.4 is 0 Å². The molecule has 2 heterocycles. The van der Waals surface area contributed by atoms with Gasteiger partial charge in [0.15, 0.2) is 0 Å². The fraction of sp³-hybridized carbons (Fsp3) is 0. The molecule has 342 valence electrons. The van der Waals surface area contributed by atoms with Crippen molar-refractivity contribution in [3.63, 3.8) is 0 Å². The van der Waals surface area contributed by atoms with Gasteiger partial charge in [-0.25, -0.2) is 0 Å². The Kier molecular flexibility index (Phi) is 8.78. The minimum atomic E-state index is 1.16. The molecule has 0 amide bonds. The molecule has 14 aromatic carbocycles. The number of aromatic nitrogens is 2. The average Bonchev–Trinajstić information content (AvgIpc) is 3.99. The number of hydrogen-bond donors (Lipinski definition) is 0. The molecule has 0 aliphatic carbocycles. The van der Waals surface area contributed by atoms with E-state index in [1.807, 2.05) is 0 Å². The molecule has 16 aromatic rings. The van der Waals surface area contributed by atoms with E-state index in [0.717, 1.165) is 11.4 Å². The fourth-order valence-corrected chi connectivity index (χ4v) is 12.9. The van der Waals surface area contributed by atoms with Crippen molar-refractivity contribution in [3.8, 4) is 56.1 Å². The maximum absolute atomic E-state index is 2.58. The first-order chi connectivity index (χ1) is 36.8. The Balaban J connectivity index is 1.03. The fourth-order valence-electron chi connectivity index (χ4n) is 12.9. The molecule has 0 bridgehead atoms. The third kappa shape index (κ3) is 5.82. The molecule has 0 fully saturated rings. The molecule has 0 unspecified atom stereocenters. The van der Waals surface area contributed by atoms with E-state index in [1.165, 1.54) is 142 Å². The van der Waals surface area contributed by atoms with Crippen molar-refractivity contribution >= 4 is 97.2 Å². The maximum Gasteiger partial charge on any atom is 0.0626 e. The van der Waals surface area contributed by atoms with Gasteiger partial charge >= 0.3 is 0 Å². The number of benzene rings is 14. The lowest BCUT2D eigenvalue weighted by molar-refractivity contribution is 1.15. The maximum atomic E-state index is 2.58. The Bertz CT molecular complexity index is 4630. The van der Waals surface area contributed by atoms with Crippen molar-refractivity contribution in [2.24, 2.45) is 0 Å². The molecule has 0 aliphatic rings. The van der Waals surface area contributed by atoms with Gasteiger partial charge in [-0.15, -0.1) is 0 Å². The van der Waals surface area contributed by atoms with E-state index in [1.54, 1.807) is 0 Å². The van der Waals surface area contributed by atoms with Crippen LogP contribution in [0.5, 0.6) is 0 Å². The monoisotopic (exact) mass is 936 g/mol. The van der Waals surface area contributed by atoms with Gasteiger partial charge in [-0.05, 0) is 100 Å². The van der Waals surface area contributed by atoms with Crippen molar-refractivity contribution in [3.05, 3.63) is 267 Å². The Labute approximate surface area is 427 Å². The van der Waals surface area contributed by atoms with Gasteiger partial charge in [0.05, 0.1) is 33.8 Å². The van der Waals surface area contributed by atoms with Gasteiger partial charge in [0.2, 0.25) is 0 Å². The summed E-state index contributed by atoms with van der Waals surface area (Å²) in [4.78, 5) is 0. The molecule has 2 nitrogen and oxygen atoms in total. The van der Waals surface area contributed by atoms with Gasteiger partial charge < -0.3 is 9.13 Å². The van der Waals surface area contributed by atoms with Crippen LogP contribution in [-0.4, -0.2) is 9.13 Å². The summed E-state index contributed by atoms with van der Waals surface area (Å²) < 4.78 is 5.16. The third-order valence-corrected chi connectivity index (χ3v) is 16.1. The van der Waals surface area contributed by atoms with E-state index in [0.29, 0.717) is 0 Å². The summed E-state index contributed by atoms with van der Waals surface area (Å²) in [6, 6.07) is 99.4. The highest BCUT2D eigenvalue weighted by Gasteiger charge is 2.28. The molecule has 74 heavy (non-hydrogen) atoms. The van der Waals surface area contributed by atoms with Crippen LogP contribution in [0.25, 0.3) is 153 Å². The van der Waals surface area contributed by atoms with Crippen LogP contribution in [0.1, 0.15) is 0 Å². The molecule has 0 spiro atoms. The van der Waals surface area contributed by atoms with Crippen LogP contribution in [0.2, 0.25) is 0 Å². The number of nitrogens with zero attached hydrogens (tertiary/aromatic N) is 2. The number of hydrogen-bond acceptors (Lipinski definition) is 0. The molecule has 0 aliphatic heterocycles. The second-order valence-corrected chi connectivity index (χ2v) is 19.9. The first-order valence-electron chi connectivity index (χ1n) is 25.7. The third-order valence-electron chi connectivity index (χ3n) is 16.1. The van der Waals surface area contributed by atoms with E-state index in [2.05, 4.69) is 276 Å². The van der Waals surface area contributed by atoms with Gasteiger partial charge in [0, 0.05) is 43.8 Å². The number of fused-ring (bicyclic) bond motifs is 6. The summed E-state index contributed by atoms with van der Waals surface area (Å²) in [5.41, 5.74) is 14.4. The summed E-state index contributed by atoms with van der Waals surface area (Å²) in [6.07, 6.45) is 0. The molecule has 0 radical (unpaired) electrons. The quantitative estimate of drug-likeness (QED) is 0.147. The lowest BCUT2D eigenvalue weighted by Gasteiger charge is -2.21. The molecule has 0 saturated heterocycles. The summed E-state index contributed by atoms with van der Waals surface area (Å²) in [6.45, 7) is 0. The molecule has 0 N–H and O–H groups in total. The molecular weight excluding hydrogens is 893 g/mol. The summed E-state index contributed by atoms with van der Waals surface area (Å²) in [5, 5.41) is 19.7. The zero-order valence-electron chi connectivity index (χ0n) is 40.3. The van der Waals surface area contributed by atoms with E-state index in [4.69, 9.17) is 0 Å². The normalized spacial score (nSPS) is 12.1. The Morgan fingerprint density at radius 3 is 0.878 bits per heavy atom. The van der Waals surface area contributed by atoms with Gasteiger partial charge in [-0.2, -0.15) is 0 Å². The molecular formula is C72H44N2. The standard InChI is InChI=1S/C72H44N2/c1-5-25-51-45(17-1)21-13-31-55(51)69-59-29-9-11-35-63(59)73(71(69)57-33-15-23-47-19-3-7-27-53(47)57)65-43-39-49-38-42-62-66(44-40-50-37-41-61(65)67(49)68(50)62)74-64-36-12-10-30-60(64)70(56-32-14-22-46-18-2-6-26-52(46)56)72(74)58-34-16-24-48-20-4-8-28-54(48)58/h1-44H. The van der Waals surface area contributed by atoms with Crippen LogP contribution >= 0.6 is 0 Å². The Morgan fingerprint density at radius 1 is 0.189 bits per heavy atom. The summed E-state index contributed by atoms with van der Waals surface area (Å²) >= 11 is 0. The Hall–Kier alpha value is -9.76. The van der Waals surface area contributed by atoms with Gasteiger partial charge in [-0.3, -0.25) is 0 Å². The molecule has 2 aromatic heterocycles. The van der Waals surface area contributed by atoms with Crippen LogP contribution in [-0.2, 0) is 0 Å². The van der Waals surface area contributed by atoms with Gasteiger partial charge in [-0.1, -0.05) is 243 Å². The van der Waals surface area contributed by atoms with Crippen molar-refractivity contribution in [2.75, 3.05) is 0 Å². The highest BCUT2D eigenvalue weighted by atomic mass is 15.0. The van der Waals surface area contributed by atoms with Gasteiger partial charge in [0.1, 0.15) is 0 Å². The average molecular weight is 937 g/mol. The second-order valence-electron chi connectivity index (χ2n) is 19.9. The van der Waals surface area contributed by atoms with Crippen LogP contribution in [0.4, 0.5) is 0 Å². The molecule has 0 atom stereocenters. The van der Waals surface area contributed by atoms with Crippen LogP contribution in [0, 0.1) is 0 Å². The minimum Gasteiger partial charge on any atom is -0.308 e. The summed E-state index contributed by atoms with van der Waals surface area (Å²) in [5.74, 6) is 0. The SMILES string of the molecule is c1ccc2c(-c3c(-c4cccc5ccccc45)n(-c4ccc5ccc6c(-n7c(-c8cccc9ccccc89)c(-c8cccc9ccccc89)c8ccccc87)ccc7ccc4c5c76)c4ccccc34)cccc2c1. The number of para-hydroxylation sites is 2. The zero-order chi connectivity index (χ0) is 48.4.